The second-order valence-corrected chi connectivity index (χ2v) is 3.57. The van der Waals surface area contributed by atoms with Gasteiger partial charge < -0.3 is 9.47 Å². The van der Waals surface area contributed by atoms with Crippen LogP contribution in [0.3, 0.4) is 0 Å². The van der Waals surface area contributed by atoms with E-state index in [0.29, 0.717) is 5.56 Å². The molecule has 1 fully saturated rings. The summed E-state index contributed by atoms with van der Waals surface area (Å²) in [6.07, 6.45) is 1.71. The summed E-state index contributed by atoms with van der Waals surface area (Å²) in [6.45, 7) is -2.79. The molecule has 0 N–H and O–H groups in total. The van der Waals surface area contributed by atoms with E-state index in [9.17, 15) is 8.78 Å². The van der Waals surface area contributed by atoms with Crippen LogP contribution in [0.5, 0.6) is 5.75 Å². The minimum absolute atomic E-state index is 0.215. The lowest BCUT2D eigenvalue weighted by Gasteiger charge is -2.17. The predicted octanol–water partition coefficient (Wildman–Crippen LogP) is 2.92. The van der Waals surface area contributed by atoms with Crippen molar-refractivity contribution in [3.63, 3.8) is 0 Å². The summed E-state index contributed by atoms with van der Waals surface area (Å²) < 4.78 is 34.1. The predicted molar refractivity (Wildman–Crippen MR) is 51.0 cm³/mol. The van der Waals surface area contributed by atoms with Gasteiger partial charge in [0, 0.05) is 12.7 Å². The van der Waals surface area contributed by atoms with Gasteiger partial charge in [-0.15, -0.1) is 0 Å². The fourth-order valence-corrected chi connectivity index (χ4v) is 1.74. The average molecular weight is 214 g/mol. The number of methoxy groups -OCH3 is 1. The minimum Gasteiger partial charge on any atom is -0.434 e. The molecule has 1 aliphatic rings. The van der Waals surface area contributed by atoms with E-state index < -0.39 is 12.2 Å². The quantitative estimate of drug-likeness (QED) is 0.767. The molecule has 0 saturated heterocycles. The van der Waals surface area contributed by atoms with Crippen LogP contribution in [0.15, 0.2) is 24.3 Å². The molecule has 0 amide bonds. The van der Waals surface area contributed by atoms with Crippen LogP contribution in [0, 0.1) is 0 Å². The fourth-order valence-electron chi connectivity index (χ4n) is 1.74. The second kappa shape index (κ2) is 3.77. The lowest BCUT2D eigenvalue weighted by atomic mass is 10.1. The first kappa shape index (κ1) is 10.4. The average Bonchev–Trinajstić information content (AvgIpc) is 2.98. The van der Waals surface area contributed by atoms with E-state index in [1.54, 1.807) is 31.4 Å². The molecule has 4 heteroatoms. The highest BCUT2D eigenvalue weighted by atomic mass is 19.3. The van der Waals surface area contributed by atoms with Crippen LogP contribution in [-0.4, -0.2) is 13.7 Å². The summed E-state index contributed by atoms with van der Waals surface area (Å²) in [5.41, 5.74) is 0.318. The van der Waals surface area contributed by atoms with Crippen molar-refractivity contribution in [2.24, 2.45) is 0 Å². The number of benzene rings is 1. The third-order valence-corrected chi connectivity index (χ3v) is 2.69. The van der Waals surface area contributed by atoms with Gasteiger partial charge in [-0.1, -0.05) is 18.2 Å². The van der Waals surface area contributed by atoms with Gasteiger partial charge in [-0.2, -0.15) is 8.78 Å². The zero-order valence-electron chi connectivity index (χ0n) is 8.37. The third-order valence-electron chi connectivity index (χ3n) is 2.69. The highest BCUT2D eigenvalue weighted by molar-refractivity contribution is 5.41. The zero-order chi connectivity index (χ0) is 10.9. The summed E-state index contributed by atoms with van der Waals surface area (Å²) in [7, 11) is 1.59. The van der Waals surface area contributed by atoms with Crippen molar-refractivity contribution in [1.82, 2.24) is 0 Å². The smallest absolute Gasteiger partial charge is 0.387 e. The largest absolute Gasteiger partial charge is 0.434 e. The normalized spacial score (nSPS) is 17.9. The summed E-state index contributed by atoms with van der Waals surface area (Å²) >= 11 is 0. The van der Waals surface area contributed by atoms with E-state index in [1.807, 2.05) is 0 Å². The number of hydrogen-bond acceptors (Lipinski definition) is 2. The Morgan fingerprint density at radius 2 is 1.93 bits per heavy atom. The number of halogens is 2. The van der Waals surface area contributed by atoms with Crippen LogP contribution in [0.2, 0.25) is 0 Å². The van der Waals surface area contributed by atoms with Crippen molar-refractivity contribution in [1.29, 1.82) is 0 Å². The molecule has 0 aliphatic heterocycles. The minimum atomic E-state index is -2.79. The number of hydrogen-bond donors (Lipinski definition) is 0. The topological polar surface area (TPSA) is 18.5 Å². The monoisotopic (exact) mass is 214 g/mol. The highest BCUT2D eigenvalue weighted by Crippen LogP contribution is 2.51. The molecular weight excluding hydrogens is 202 g/mol. The number of alkyl halides is 2. The fraction of sp³-hybridized carbons (Fsp3) is 0.455. The third kappa shape index (κ3) is 1.95. The van der Waals surface area contributed by atoms with Gasteiger partial charge in [-0.3, -0.25) is 0 Å². The molecule has 0 atom stereocenters. The van der Waals surface area contributed by atoms with Gasteiger partial charge in [0.05, 0.1) is 5.60 Å². The number of rotatable bonds is 4. The van der Waals surface area contributed by atoms with E-state index in [1.165, 1.54) is 0 Å². The van der Waals surface area contributed by atoms with Gasteiger partial charge in [-0.25, -0.2) is 0 Å². The van der Waals surface area contributed by atoms with Crippen LogP contribution in [0.25, 0.3) is 0 Å². The Kier molecular flexibility index (Phi) is 2.61. The van der Waals surface area contributed by atoms with Crippen LogP contribution in [0.1, 0.15) is 18.4 Å². The Morgan fingerprint density at radius 3 is 2.47 bits per heavy atom. The van der Waals surface area contributed by atoms with Gasteiger partial charge >= 0.3 is 6.61 Å². The lowest BCUT2D eigenvalue weighted by molar-refractivity contribution is -0.0526. The standard InChI is InChI=1S/C11H12F2O2/c1-14-11(6-7-11)8-4-2-3-5-9(8)15-10(12)13/h2-5,10H,6-7H2,1H3. The summed E-state index contributed by atoms with van der Waals surface area (Å²) in [5, 5.41) is 0. The van der Waals surface area contributed by atoms with Crippen molar-refractivity contribution >= 4 is 0 Å². The van der Waals surface area contributed by atoms with Gasteiger partial charge in [0.1, 0.15) is 5.75 Å². The Morgan fingerprint density at radius 1 is 1.27 bits per heavy atom. The molecule has 2 nitrogen and oxygen atoms in total. The molecule has 0 radical (unpaired) electrons. The van der Waals surface area contributed by atoms with Crippen molar-refractivity contribution < 1.29 is 18.3 Å². The Balaban J connectivity index is 2.30. The van der Waals surface area contributed by atoms with Gasteiger partial charge in [0.2, 0.25) is 0 Å². The van der Waals surface area contributed by atoms with Crippen molar-refractivity contribution in [2.75, 3.05) is 7.11 Å². The van der Waals surface area contributed by atoms with Crippen molar-refractivity contribution in [3.8, 4) is 5.75 Å². The van der Waals surface area contributed by atoms with Crippen LogP contribution < -0.4 is 4.74 Å². The molecule has 82 valence electrons. The molecular formula is C11H12F2O2. The van der Waals surface area contributed by atoms with Gasteiger partial charge in [0.15, 0.2) is 0 Å². The zero-order valence-corrected chi connectivity index (χ0v) is 8.37. The molecule has 1 aliphatic carbocycles. The van der Waals surface area contributed by atoms with E-state index in [0.717, 1.165) is 12.8 Å². The van der Waals surface area contributed by atoms with Crippen molar-refractivity contribution in [2.45, 2.75) is 25.1 Å². The molecule has 1 aromatic carbocycles. The highest BCUT2D eigenvalue weighted by Gasteiger charge is 2.46. The van der Waals surface area contributed by atoms with E-state index in [-0.39, 0.29) is 5.75 Å². The maximum Gasteiger partial charge on any atom is 0.387 e. The number of para-hydroxylation sites is 1. The Bertz CT molecular complexity index is 348. The van der Waals surface area contributed by atoms with Crippen LogP contribution >= 0.6 is 0 Å². The van der Waals surface area contributed by atoms with Gasteiger partial charge in [0.25, 0.3) is 0 Å². The molecule has 0 heterocycles. The maximum absolute atomic E-state index is 12.2. The molecule has 0 aromatic heterocycles. The van der Waals surface area contributed by atoms with E-state index in [2.05, 4.69) is 4.74 Å². The first-order chi connectivity index (χ1) is 7.18. The lowest BCUT2D eigenvalue weighted by Crippen LogP contribution is -2.13. The number of ether oxygens (including phenoxy) is 2. The SMILES string of the molecule is COC1(c2ccccc2OC(F)F)CC1. The first-order valence-electron chi connectivity index (χ1n) is 4.77. The molecule has 0 spiro atoms. The molecule has 1 saturated carbocycles. The second-order valence-electron chi connectivity index (χ2n) is 3.57. The van der Waals surface area contributed by atoms with Crippen molar-refractivity contribution in [3.05, 3.63) is 29.8 Å². The molecule has 2 rings (SSSR count). The molecule has 15 heavy (non-hydrogen) atoms. The van der Waals surface area contributed by atoms with Crippen LogP contribution in [0.4, 0.5) is 8.78 Å². The molecule has 0 unspecified atom stereocenters. The molecule has 1 aromatic rings. The summed E-state index contributed by atoms with van der Waals surface area (Å²) in [5.74, 6) is 0.215. The maximum atomic E-state index is 12.2. The van der Waals surface area contributed by atoms with E-state index in [4.69, 9.17) is 4.74 Å². The van der Waals surface area contributed by atoms with Gasteiger partial charge in [-0.05, 0) is 18.9 Å². The Labute approximate surface area is 86.8 Å². The van der Waals surface area contributed by atoms with E-state index >= 15 is 0 Å². The Hall–Kier alpha value is -1.16. The summed E-state index contributed by atoms with van der Waals surface area (Å²) in [6, 6.07) is 6.79. The summed E-state index contributed by atoms with van der Waals surface area (Å²) in [4.78, 5) is 0. The van der Waals surface area contributed by atoms with Crippen LogP contribution in [-0.2, 0) is 10.3 Å². The molecule has 0 bridgehead atoms. The first-order valence-corrected chi connectivity index (χ1v) is 4.77.